The van der Waals surface area contributed by atoms with E-state index >= 15 is 0 Å². The van der Waals surface area contributed by atoms with Gasteiger partial charge in [-0.3, -0.25) is 9.59 Å². The van der Waals surface area contributed by atoms with E-state index in [1.807, 2.05) is 11.4 Å². The third-order valence-corrected chi connectivity index (χ3v) is 5.10. The Morgan fingerprint density at radius 1 is 1.00 bits per heavy atom. The average molecular weight is 444 g/mol. The highest BCUT2D eigenvalue weighted by atomic mass is 32.2. The van der Waals surface area contributed by atoms with Gasteiger partial charge in [0.25, 0.3) is 15.9 Å². The fraction of sp³-hybridized carbons (Fsp3) is 0.0526. The molecular formula is C19H16N4O7S. The summed E-state index contributed by atoms with van der Waals surface area (Å²) in [5.74, 6) is -2.48. The number of anilines is 1. The van der Waals surface area contributed by atoms with Gasteiger partial charge < -0.3 is 20.3 Å². The predicted molar refractivity (Wildman–Crippen MR) is 107 cm³/mol. The molecule has 0 radical (unpaired) electrons. The third-order valence-electron chi connectivity index (χ3n) is 3.75. The van der Waals surface area contributed by atoms with Crippen LogP contribution in [0.15, 0.2) is 65.7 Å². The van der Waals surface area contributed by atoms with Gasteiger partial charge in [-0.1, -0.05) is 18.2 Å². The number of benzene rings is 2. The number of nitrogens with zero attached hydrogens (tertiary/aromatic N) is 2. The van der Waals surface area contributed by atoms with Gasteiger partial charge in [-0.2, -0.15) is 4.98 Å². The minimum Gasteiger partial charge on any atom is -0.493 e. The van der Waals surface area contributed by atoms with Crippen LogP contribution in [-0.4, -0.2) is 47.0 Å². The van der Waals surface area contributed by atoms with Crippen molar-refractivity contribution in [3.8, 4) is 17.4 Å². The molecule has 0 unspecified atom stereocenters. The number of para-hydroxylation sites is 1. The van der Waals surface area contributed by atoms with E-state index in [1.165, 1.54) is 24.3 Å². The molecule has 160 valence electrons. The standard InChI is InChI=1S/C19H16N4O7S/c24-16(25)11-20-17(26)15-10-21-19(22-18(15)27)23-31(28,29)14-8-6-13(7-9-14)30-12-4-2-1-3-5-12/h1-10H,11H2,(H,20,26)(H,24,25)(H2,21,22,23,27). The molecule has 0 saturated heterocycles. The second kappa shape index (κ2) is 9.09. The van der Waals surface area contributed by atoms with Gasteiger partial charge >= 0.3 is 5.97 Å². The number of hydrogen-bond donors (Lipinski definition) is 4. The zero-order chi connectivity index (χ0) is 22.4. The maximum absolute atomic E-state index is 12.5. The molecule has 1 amide bonds. The Morgan fingerprint density at radius 2 is 1.65 bits per heavy atom. The molecule has 3 aromatic rings. The van der Waals surface area contributed by atoms with E-state index in [0.29, 0.717) is 11.5 Å². The van der Waals surface area contributed by atoms with Crippen molar-refractivity contribution in [1.29, 1.82) is 0 Å². The lowest BCUT2D eigenvalue weighted by Gasteiger charge is -2.10. The van der Waals surface area contributed by atoms with Crippen LogP contribution in [0.3, 0.4) is 0 Å². The number of hydrogen-bond acceptors (Lipinski definition) is 8. The minimum absolute atomic E-state index is 0.112. The number of rotatable bonds is 8. The first-order valence-electron chi connectivity index (χ1n) is 8.66. The summed E-state index contributed by atoms with van der Waals surface area (Å²) in [6.07, 6.45) is 0.869. The topological polar surface area (TPSA) is 168 Å². The molecule has 31 heavy (non-hydrogen) atoms. The van der Waals surface area contributed by atoms with Crippen LogP contribution in [0.4, 0.5) is 5.95 Å². The van der Waals surface area contributed by atoms with Crippen LogP contribution in [0.5, 0.6) is 17.4 Å². The number of carbonyl (C=O) groups is 2. The number of aromatic hydroxyl groups is 1. The van der Waals surface area contributed by atoms with Crippen molar-refractivity contribution in [2.75, 3.05) is 11.3 Å². The highest BCUT2D eigenvalue weighted by Crippen LogP contribution is 2.23. The zero-order valence-corrected chi connectivity index (χ0v) is 16.5. The summed E-state index contributed by atoms with van der Waals surface area (Å²) < 4.78 is 32.7. The van der Waals surface area contributed by atoms with Crippen LogP contribution >= 0.6 is 0 Å². The Morgan fingerprint density at radius 3 is 2.26 bits per heavy atom. The molecule has 11 nitrogen and oxygen atoms in total. The highest BCUT2D eigenvalue weighted by Gasteiger charge is 2.19. The molecular weight excluding hydrogens is 428 g/mol. The molecule has 2 aromatic carbocycles. The Balaban J connectivity index is 1.70. The molecule has 0 fully saturated rings. The smallest absolute Gasteiger partial charge is 0.322 e. The second-order valence-electron chi connectivity index (χ2n) is 6.00. The van der Waals surface area contributed by atoms with E-state index in [0.717, 1.165) is 6.20 Å². The van der Waals surface area contributed by atoms with Crippen LogP contribution in [0.1, 0.15) is 10.4 Å². The van der Waals surface area contributed by atoms with Gasteiger partial charge in [-0.05, 0) is 36.4 Å². The average Bonchev–Trinajstić information content (AvgIpc) is 2.73. The number of carbonyl (C=O) groups excluding carboxylic acids is 1. The molecule has 0 atom stereocenters. The van der Waals surface area contributed by atoms with Gasteiger partial charge in [0.05, 0.1) is 4.90 Å². The number of aromatic nitrogens is 2. The van der Waals surface area contributed by atoms with Crippen molar-refractivity contribution >= 4 is 27.8 Å². The van der Waals surface area contributed by atoms with Gasteiger partial charge in [-0.25, -0.2) is 18.1 Å². The van der Waals surface area contributed by atoms with Crippen LogP contribution in [0, 0.1) is 0 Å². The van der Waals surface area contributed by atoms with E-state index in [9.17, 15) is 23.1 Å². The minimum atomic E-state index is -4.09. The monoisotopic (exact) mass is 444 g/mol. The summed E-state index contributed by atoms with van der Waals surface area (Å²) in [6.45, 7) is -0.670. The van der Waals surface area contributed by atoms with E-state index in [4.69, 9.17) is 9.84 Å². The predicted octanol–water partition coefficient (Wildman–Crippen LogP) is 1.59. The van der Waals surface area contributed by atoms with Crippen molar-refractivity contribution in [3.05, 3.63) is 66.4 Å². The first-order valence-corrected chi connectivity index (χ1v) is 10.1. The van der Waals surface area contributed by atoms with Crippen LogP contribution in [0.2, 0.25) is 0 Å². The fourth-order valence-electron chi connectivity index (χ4n) is 2.32. The van der Waals surface area contributed by atoms with Crippen molar-refractivity contribution in [2.45, 2.75) is 4.90 Å². The molecule has 3 rings (SSSR count). The number of ether oxygens (including phenoxy) is 1. The van der Waals surface area contributed by atoms with Crippen LogP contribution in [-0.2, 0) is 14.8 Å². The Labute approximate surface area is 176 Å². The molecule has 12 heteroatoms. The largest absolute Gasteiger partial charge is 0.493 e. The third kappa shape index (κ3) is 5.67. The molecule has 1 heterocycles. The first kappa shape index (κ1) is 21.5. The van der Waals surface area contributed by atoms with E-state index in [-0.39, 0.29) is 4.90 Å². The van der Waals surface area contributed by atoms with Crippen molar-refractivity contribution in [3.63, 3.8) is 0 Å². The lowest BCUT2D eigenvalue weighted by Crippen LogP contribution is -2.29. The number of amides is 1. The Hall–Kier alpha value is -4.19. The number of carboxylic acids is 1. The molecule has 4 N–H and O–H groups in total. The molecule has 0 saturated carbocycles. The van der Waals surface area contributed by atoms with Crippen molar-refractivity contribution in [2.24, 2.45) is 0 Å². The van der Waals surface area contributed by atoms with Crippen LogP contribution in [0.25, 0.3) is 0 Å². The van der Waals surface area contributed by atoms with Gasteiger partial charge in [0.2, 0.25) is 11.8 Å². The van der Waals surface area contributed by atoms with E-state index in [1.54, 1.807) is 24.3 Å². The van der Waals surface area contributed by atoms with Gasteiger partial charge in [0.1, 0.15) is 23.6 Å². The quantitative estimate of drug-likeness (QED) is 0.403. The molecule has 0 bridgehead atoms. The Kier molecular flexibility index (Phi) is 6.31. The van der Waals surface area contributed by atoms with Gasteiger partial charge in [0, 0.05) is 6.20 Å². The van der Waals surface area contributed by atoms with E-state index in [2.05, 4.69) is 14.7 Å². The number of aliphatic carboxylic acids is 1. The summed E-state index contributed by atoms with van der Waals surface area (Å²) in [4.78, 5) is 29.4. The number of carboxylic acid groups (broad SMARTS) is 1. The van der Waals surface area contributed by atoms with Gasteiger partial charge in [-0.15, -0.1) is 0 Å². The second-order valence-corrected chi connectivity index (χ2v) is 7.68. The summed E-state index contributed by atoms with van der Waals surface area (Å²) in [6, 6.07) is 14.5. The van der Waals surface area contributed by atoms with Crippen molar-refractivity contribution in [1.82, 2.24) is 15.3 Å². The summed E-state index contributed by atoms with van der Waals surface area (Å²) >= 11 is 0. The lowest BCUT2D eigenvalue weighted by atomic mass is 10.3. The molecule has 0 aliphatic rings. The SMILES string of the molecule is O=C(O)CNC(=O)c1cnc(NS(=O)(=O)c2ccc(Oc3ccccc3)cc2)nc1O. The molecule has 0 spiro atoms. The van der Waals surface area contributed by atoms with Crippen molar-refractivity contribution < 1.29 is 33.0 Å². The summed E-state index contributed by atoms with van der Waals surface area (Å²) in [7, 11) is -4.09. The fourth-order valence-corrected chi connectivity index (χ4v) is 3.27. The summed E-state index contributed by atoms with van der Waals surface area (Å²) in [5.41, 5.74) is -0.411. The first-order chi connectivity index (χ1) is 14.7. The van der Waals surface area contributed by atoms with Gasteiger partial charge in [0.15, 0.2) is 0 Å². The maximum atomic E-state index is 12.5. The molecule has 0 aliphatic heterocycles. The maximum Gasteiger partial charge on any atom is 0.322 e. The van der Waals surface area contributed by atoms with E-state index < -0.39 is 45.8 Å². The molecule has 0 aliphatic carbocycles. The highest BCUT2D eigenvalue weighted by molar-refractivity contribution is 7.92. The molecule has 1 aromatic heterocycles. The lowest BCUT2D eigenvalue weighted by molar-refractivity contribution is -0.135. The number of sulfonamides is 1. The van der Waals surface area contributed by atoms with Crippen LogP contribution < -0.4 is 14.8 Å². The zero-order valence-electron chi connectivity index (χ0n) is 15.7. The Bertz CT molecular complexity index is 1200. The normalized spacial score (nSPS) is 10.8. The number of nitrogens with one attached hydrogen (secondary N) is 2. The summed E-state index contributed by atoms with van der Waals surface area (Å²) in [5, 5.41) is 20.4.